The highest BCUT2D eigenvalue weighted by atomic mass is 16.1. The lowest BCUT2D eigenvalue weighted by atomic mass is 9.86. The normalized spacial score (nSPS) is 12.6. The van der Waals surface area contributed by atoms with Crippen molar-refractivity contribution in [1.29, 1.82) is 0 Å². The second-order valence-electron chi connectivity index (χ2n) is 6.91. The molecule has 0 rings (SSSR count). The van der Waals surface area contributed by atoms with E-state index in [0.29, 0.717) is 24.4 Å². The second kappa shape index (κ2) is 6.32. The molecule has 0 spiro atoms. The molecular weight excluding hydrogens is 212 g/mol. The molecule has 0 fully saturated rings. The average Bonchev–Trinajstić information content (AvgIpc) is 2.13. The fourth-order valence-corrected chi connectivity index (χ4v) is 1.50. The van der Waals surface area contributed by atoms with Crippen LogP contribution in [-0.4, -0.2) is 11.6 Å². The lowest BCUT2D eigenvalue weighted by Crippen LogP contribution is -2.20. The van der Waals surface area contributed by atoms with Gasteiger partial charge in [-0.2, -0.15) is 0 Å². The Morgan fingerprint density at radius 3 is 1.18 bits per heavy atom. The van der Waals surface area contributed by atoms with Crippen molar-refractivity contribution in [3.8, 4) is 0 Å². The van der Waals surface area contributed by atoms with Crippen LogP contribution in [0, 0.1) is 10.8 Å². The first-order valence-corrected chi connectivity index (χ1v) is 6.62. The van der Waals surface area contributed by atoms with Gasteiger partial charge < -0.3 is 0 Å². The van der Waals surface area contributed by atoms with Gasteiger partial charge in [-0.15, -0.1) is 0 Å². The molecule has 0 atom stereocenters. The van der Waals surface area contributed by atoms with E-state index in [1.807, 2.05) is 41.5 Å². The number of hydrogen-bond acceptors (Lipinski definition) is 2. The van der Waals surface area contributed by atoms with Gasteiger partial charge in [-0.25, -0.2) is 0 Å². The first-order valence-electron chi connectivity index (χ1n) is 6.62. The molecule has 2 heteroatoms. The first-order chi connectivity index (χ1) is 7.55. The van der Waals surface area contributed by atoms with E-state index in [2.05, 4.69) is 0 Å². The number of rotatable bonds is 6. The summed E-state index contributed by atoms with van der Waals surface area (Å²) in [5.41, 5.74) is -0.442. The molecule has 0 aromatic rings. The van der Waals surface area contributed by atoms with Crippen molar-refractivity contribution in [2.75, 3.05) is 0 Å². The van der Waals surface area contributed by atoms with Gasteiger partial charge in [0.25, 0.3) is 0 Å². The van der Waals surface area contributed by atoms with E-state index in [0.717, 1.165) is 19.3 Å². The Bertz CT molecular complexity index is 236. The second-order valence-corrected chi connectivity index (χ2v) is 6.91. The minimum Gasteiger partial charge on any atom is -0.299 e. The molecular formula is C15H28O2. The van der Waals surface area contributed by atoms with Gasteiger partial charge in [0.15, 0.2) is 0 Å². The van der Waals surface area contributed by atoms with E-state index in [-0.39, 0.29) is 10.8 Å². The minimum absolute atomic E-state index is 0.221. The molecule has 0 heterocycles. The third-order valence-electron chi connectivity index (χ3n) is 2.98. The zero-order chi connectivity index (χ0) is 13.7. The van der Waals surface area contributed by atoms with Gasteiger partial charge in [-0.3, -0.25) is 9.59 Å². The standard InChI is InChI=1S/C15H28O2/c1-14(2,3)12(16)10-8-7-9-11-13(17)15(4,5)6/h7-11H2,1-6H3. The molecule has 17 heavy (non-hydrogen) atoms. The summed E-state index contributed by atoms with van der Waals surface area (Å²) in [6, 6.07) is 0. The van der Waals surface area contributed by atoms with E-state index in [9.17, 15) is 9.59 Å². The molecule has 0 unspecified atom stereocenters. The largest absolute Gasteiger partial charge is 0.299 e. The van der Waals surface area contributed by atoms with Crippen LogP contribution in [0.15, 0.2) is 0 Å². The summed E-state index contributed by atoms with van der Waals surface area (Å²) in [4.78, 5) is 23.3. The molecule has 0 aliphatic carbocycles. The molecule has 0 bridgehead atoms. The maximum atomic E-state index is 11.7. The van der Waals surface area contributed by atoms with Crippen LogP contribution in [0.2, 0.25) is 0 Å². The van der Waals surface area contributed by atoms with Crippen molar-refractivity contribution in [3.63, 3.8) is 0 Å². The minimum atomic E-state index is -0.221. The van der Waals surface area contributed by atoms with Gasteiger partial charge in [0.2, 0.25) is 0 Å². The van der Waals surface area contributed by atoms with Crippen LogP contribution in [-0.2, 0) is 9.59 Å². The van der Waals surface area contributed by atoms with Gasteiger partial charge in [0.05, 0.1) is 0 Å². The van der Waals surface area contributed by atoms with Crippen molar-refractivity contribution >= 4 is 11.6 Å². The third-order valence-corrected chi connectivity index (χ3v) is 2.98. The quantitative estimate of drug-likeness (QED) is 0.653. The van der Waals surface area contributed by atoms with E-state index < -0.39 is 0 Å². The van der Waals surface area contributed by atoms with Gasteiger partial charge >= 0.3 is 0 Å². The Balaban J connectivity index is 3.68. The van der Waals surface area contributed by atoms with Crippen LogP contribution in [0.1, 0.15) is 73.6 Å². The number of hydrogen-bond donors (Lipinski definition) is 0. The number of carbonyl (C=O) groups is 2. The maximum Gasteiger partial charge on any atom is 0.138 e. The zero-order valence-electron chi connectivity index (χ0n) is 12.4. The Morgan fingerprint density at radius 2 is 0.941 bits per heavy atom. The van der Waals surface area contributed by atoms with Gasteiger partial charge in [0, 0.05) is 23.7 Å². The van der Waals surface area contributed by atoms with Gasteiger partial charge in [-0.1, -0.05) is 48.0 Å². The summed E-state index contributed by atoms with van der Waals surface area (Å²) in [5.74, 6) is 0.638. The zero-order valence-corrected chi connectivity index (χ0v) is 12.4. The van der Waals surface area contributed by atoms with Crippen LogP contribution in [0.3, 0.4) is 0 Å². The first kappa shape index (κ1) is 16.3. The Hall–Kier alpha value is -0.660. The predicted octanol–water partition coefficient (Wildman–Crippen LogP) is 4.17. The summed E-state index contributed by atoms with van der Waals surface area (Å²) < 4.78 is 0. The summed E-state index contributed by atoms with van der Waals surface area (Å²) in [5, 5.41) is 0. The van der Waals surface area contributed by atoms with Crippen LogP contribution in [0.4, 0.5) is 0 Å². The molecule has 0 aliphatic heterocycles. The highest BCUT2D eigenvalue weighted by Crippen LogP contribution is 2.21. The third kappa shape index (κ3) is 7.30. The van der Waals surface area contributed by atoms with Crippen LogP contribution < -0.4 is 0 Å². The fourth-order valence-electron chi connectivity index (χ4n) is 1.50. The summed E-state index contributed by atoms with van der Waals surface area (Å²) in [6.07, 6.45) is 4.09. The van der Waals surface area contributed by atoms with Crippen molar-refractivity contribution in [2.45, 2.75) is 73.6 Å². The highest BCUT2D eigenvalue weighted by molar-refractivity contribution is 5.84. The van der Waals surface area contributed by atoms with E-state index in [1.165, 1.54) is 0 Å². The maximum absolute atomic E-state index is 11.7. The number of Topliss-reactive ketones (excluding diaryl/α,β-unsaturated/α-hetero) is 2. The highest BCUT2D eigenvalue weighted by Gasteiger charge is 2.21. The molecule has 100 valence electrons. The fraction of sp³-hybridized carbons (Fsp3) is 0.867. The van der Waals surface area contributed by atoms with Crippen LogP contribution in [0.5, 0.6) is 0 Å². The van der Waals surface area contributed by atoms with Crippen molar-refractivity contribution < 1.29 is 9.59 Å². The smallest absolute Gasteiger partial charge is 0.138 e. The number of unbranched alkanes of at least 4 members (excludes halogenated alkanes) is 2. The molecule has 0 saturated carbocycles. The van der Waals surface area contributed by atoms with E-state index in [1.54, 1.807) is 0 Å². The SMILES string of the molecule is CC(C)(C)C(=O)CCCCCC(=O)C(C)(C)C. The molecule has 0 saturated heterocycles. The van der Waals surface area contributed by atoms with Crippen LogP contribution >= 0.6 is 0 Å². The molecule has 0 amide bonds. The Kier molecular flexibility index (Phi) is 6.08. The lowest BCUT2D eigenvalue weighted by molar-refractivity contribution is -0.126. The average molecular weight is 240 g/mol. The molecule has 0 aromatic carbocycles. The Morgan fingerprint density at radius 1 is 0.647 bits per heavy atom. The van der Waals surface area contributed by atoms with Gasteiger partial charge in [0.1, 0.15) is 11.6 Å². The van der Waals surface area contributed by atoms with E-state index >= 15 is 0 Å². The van der Waals surface area contributed by atoms with Crippen molar-refractivity contribution in [1.82, 2.24) is 0 Å². The molecule has 0 aliphatic rings. The Labute approximate surface area is 106 Å². The number of carbonyl (C=O) groups excluding carboxylic acids is 2. The van der Waals surface area contributed by atoms with Gasteiger partial charge in [-0.05, 0) is 12.8 Å². The molecule has 0 radical (unpaired) electrons. The molecule has 2 nitrogen and oxygen atoms in total. The van der Waals surface area contributed by atoms with Crippen LogP contribution in [0.25, 0.3) is 0 Å². The predicted molar refractivity (Wildman–Crippen MR) is 72.0 cm³/mol. The topological polar surface area (TPSA) is 34.1 Å². The summed E-state index contributed by atoms with van der Waals surface area (Å²) in [6.45, 7) is 11.7. The molecule has 0 aromatic heterocycles. The summed E-state index contributed by atoms with van der Waals surface area (Å²) in [7, 11) is 0. The van der Waals surface area contributed by atoms with Crippen molar-refractivity contribution in [3.05, 3.63) is 0 Å². The lowest BCUT2D eigenvalue weighted by Gasteiger charge is -2.17. The molecule has 0 N–H and O–H groups in total. The van der Waals surface area contributed by atoms with Crippen molar-refractivity contribution in [2.24, 2.45) is 10.8 Å². The summed E-state index contributed by atoms with van der Waals surface area (Å²) >= 11 is 0. The number of ketones is 2. The van der Waals surface area contributed by atoms with E-state index in [4.69, 9.17) is 0 Å². The monoisotopic (exact) mass is 240 g/mol.